The Morgan fingerprint density at radius 1 is 1.47 bits per heavy atom. The molecular formula is C15H23N3O. The van der Waals surface area contributed by atoms with Gasteiger partial charge in [0.25, 0.3) is 0 Å². The van der Waals surface area contributed by atoms with Gasteiger partial charge in [0.2, 0.25) is 0 Å². The van der Waals surface area contributed by atoms with Crippen LogP contribution in [0.15, 0.2) is 24.3 Å². The molecule has 0 amide bonds. The van der Waals surface area contributed by atoms with Crippen molar-refractivity contribution in [1.29, 1.82) is 5.41 Å². The van der Waals surface area contributed by atoms with E-state index >= 15 is 0 Å². The van der Waals surface area contributed by atoms with Crippen molar-refractivity contribution in [2.45, 2.75) is 31.9 Å². The zero-order valence-corrected chi connectivity index (χ0v) is 11.6. The molecule has 1 fully saturated rings. The minimum Gasteiger partial charge on any atom is -0.384 e. The van der Waals surface area contributed by atoms with Gasteiger partial charge in [0, 0.05) is 25.3 Å². The summed E-state index contributed by atoms with van der Waals surface area (Å²) in [6, 6.07) is 7.89. The van der Waals surface area contributed by atoms with Crippen LogP contribution in [0.1, 0.15) is 30.4 Å². The van der Waals surface area contributed by atoms with Crippen molar-refractivity contribution < 1.29 is 4.74 Å². The topological polar surface area (TPSA) is 62.3 Å². The third-order valence-electron chi connectivity index (χ3n) is 3.48. The molecule has 1 aromatic rings. The summed E-state index contributed by atoms with van der Waals surface area (Å²) in [7, 11) is 2.11. The molecule has 2 rings (SSSR count). The number of nitrogen functional groups attached to an aromatic ring is 1. The average molecular weight is 261 g/mol. The molecule has 1 heterocycles. The van der Waals surface area contributed by atoms with Crippen molar-refractivity contribution in [1.82, 2.24) is 4.90 Å². The summed E-state index contributed by atoms with van der Waals surface area (Å²) in [5.74, 6) is 0.125. The maximum absolute atomic E-state index is 7.46. The van der Waals surface area contributed by atoms with Gasteiger partial charge < -0.3 is 10.5 Å². The predicted octanol–water partition coefficient (Wildman–Crippen LogP) is 1.97. The second-order valence-corrected chi connectivity index (χ2v) is 5.30. The van der Waals surface area contributed by atoms with E-state index in [9.17, 15) is 0 Å². The molecule has 4 nitrogen and oxygen atoms in total. The van der Waals surface area contributed by atoms with E-state index < -0.39 is 0 Å². The standard InChI is InChI=1S/C15H23N3O/c1-18(11-14-7-2-3-8-19-14)10-12-5-4-6-13(9-12)15(16)17/h4-6,9,14H,2-3,7-8,10-11H2,1H3,(H3,16,17). The van der Waals surface area contributed by atoms with E-state index in [1.165, 1.54) is 18.4 Å². The molecule has 0 spiro atoms. The van der Waals surface area contributed by atoms with Gasteiger partial charge in [0.15, 0.2) is 0 Å². The van der Waals surface area contributed by atoms with Crippen LogP contribution in [0.2, 0.25) is 0 Å². The average Bonchev–Trinajstić information content (AvgIpc) is 2.40. The maximum Gasteiger partial charge on any atom is 0.122 e. The summed E-state index contributed by atoms with van der Waals surface area (Å²) >= 11 is 0. The lowest BCUT2D eigenvalue weighted by Crippen LogP contribution is -2.33. The Kier molecular flexibility index (Phi) is 4.93. The Hall–Kier alpha value is -1.39. The van der Waals surface area contributed by atoms with Gasteiger partial charge in [0.05, 0.1) is 6.10 Å². The Balaban J connectivity index is 1.88. The molecule has 0 radical (unpaired) electrons. The Morgan fingerprint density at radius 3 is 3.00 bits per heavy atom. The second kappa shape index (κ2) is 6.68. The minimum absolute atomic E-state index is 0.125. The largest absolute Gasteiger partial charge is 0.384 e. The first-order chi connectivity index (χ1) is 9.15. The molecule has 3 N–H and O–H groups in total. The number of ether oxygens (including phenoxy) is 1. The molecule has 1 aliphatic rings. The number of nitrogens with zero attached hydrogens (tertiary/aromatic N) is 1. The predicted molar refractivity (Wildman–Crippen MR) is 77.4 cm³/mol. The Morgan fingerprint density at radius 2 is 2.32 bits per heavy atom. The monoisotopic (exact) mass is 261 g/mol. The molecule has 0 bridgehead atoms. The third-order valence-corrected chi connectivity index (χ3v) is 3.48. The van der Waals surface area contributed by atoms with Crippen molar-refractivity contribution in [2.24, 2.45) is 5.73 Å². The second-order valence-electron chi connectivity index (χ2n) is 5.30. The molecule has 0 aliphatic carbocycles. The molecule has 1 unspecified atom stereocenters. The fraction of sp³-hybridized carbons (Fsp3) is 0.533. The first-order valence-electron chi connectivity index (χ1n) is 6.88. The molecule has 1 aromatic carbocycles. The minimum atomic E-state index is 0.125. The van der Waals surface area contributed by atoms with E-state index in [4.69, 9.17) is 15.9 Å². The lowest BCUT2D eigenvalue weighted by molar-refractivity contribution is -0.00259. The molecule has 19 heavy (non-hydrogen) atoms. The number of amidine groups is 1. The van der Waals surface area contributed by atoms with Crippen molar-refractivity contribution in [3.8, 4) is 0 Å². The number of hydrogen-bond donors (Lipinski definition) is 2. The highest BCUT2D eigenvalue weighted by molar-refractivity contribution is 5.95. The lowest BCUT2D eigenvalue weighted by atomic mass is 10.1. The number of likely N-dealkylation sites (N-methyl/N-ethyl adjacent to an activating group) is 1. The molecule has 104 valence electrons. The fourth-order valence-electron chi connectivity index (χ4n) is 2.51. The normalized spacial score (nSPS) is 19.6. The van der Waals surface area contributed by atoms with E-state index in [0.29, 0.717) is 6.10 Å². The molecule has 1 saturated heterocycles. The number of nitrogens with one attached hydrogen (secondary N) is 1. The van der Waals surface area contributed by atoms with Gasteiger partial charge in [-0.3, -0.25) is 10.3 Å². The Bertz CT molecular complexity index is 427. The van der Waals surface area contributed by atoms with Gasteiger partial charge in [-0.05, 0) is 37.9 Å². The van der Waals surface area contributed by atoms with Crippen molar-refractivity contribution in [3.05, 3.63) is 35.4 Å². The van der Waals surface area contributed by atoms with Crippen LogP contribution < -0.4 is 5.73 Å². The van der Waals surface area contributed by atoms with Crippen molar-refractivity contribution in [2.75, 3.05) is 20.2 Å². The summed E-state index contributed by atoms with van der Waals surface area (Å²) in [5.41, 5.74) is 7.49. The zero-order valence-electron chi connectivity index (χ0n) is 11.6. The third kappa shape index (κ3) is 4.33. The summed E-state index contributed by atoms with van der Waals surface area (Å²) in [6.07, 6.45) is 4.01. The molecule has 0 saturated carbocycles. The van der Waals surface area contributed by atoms with Crippen LogP contribution in [0.4, 0.5) is 0 Å². The summed E-state index contributed by atoms with van der Waals surface area (Å²) < 4.78 is 5.75. The van der Waals surface area contributed by atoms with Crippen LogP contribution in [0.3, 0.4) is 0 Å². The van der Waals surface area contributed by atoms with Crippen LogP contribution in [-0.4, -0.2) is 37.0 Å². The highest BCUT2D eigenvalue weighted by Crippen LogP contribution is 2.15. The Labute approximate surface area is 115 Å². The van der Waals surface area contributed by atoms with E-state index in [1.54, 1.807) is 0 Å². The van der Waals surface area contributed by atoms with Gasteiger partial charge in [-0.2, -0.15) is 0 Å². The van der Waals surface area contributed by atoms with Crippen LogP contribution in [0.5, 0.6) is 0 Å². The van der Waals surface area contributed by atoms with E-state index in [0.717, 1.165) is 31.7 Å². The number of nitrogens with two attached hydrogens (primary N) is 1. The quantitative estimate of drug-likeness (QED) is 0.629. The first-order valence-corrected chi connectivity index (χ1v) is 6.88. The van der Waals surface area contributed by atoms with Crippen LogP contribution >= 0.6 is 0 Å². The number of rotatable bonds is 5. The molecule has 4 heteroatoms. The van der Waals surface area contributed by atoms with Crippen LogP contribution in [-0.2, 0) is 11.3 Å². The van der Waals surface area contributed by atoms with Crippen LogP contribution in [0, 0.1) is 5.41 Å². The highest BCUT2D eigenvalue weighted by Gasteiger charge is 2.15. The number of hydrogen-bond acceptors (Lipinski definition) is 3. The summed E-state index contributed by atoms with van der Waals surface area (Å²) in [4.78, 5) is 2.27. The van der Waals surface area contributed by atoms with E-state index in [1.807, 2.05) is 18.2 Å². The zero-order chi connectivity index (χ0) is 13.7. The fourth-order valence-corrected chi connectivity index (χ4v) is 2.51. The molecular weight excluding hydrogens is 238 g/mol. The van der Waals surface area contributed by atoms with Gasteiger partial charge >= 0.3 is 0 Å². The smallest absolute Gasteiger partial charge is 0.122 e. The molecule has 1 atom stereocenters. The van der Waals surface area contributed by atoms with Crippen LogP contribution in [0.25, 0.3) is 0 Å². The molecule has 0 aromatic heterocycles. The van der Waals surface area contributed by atoms with E-state index in [2.05, 4.69) is 18.0 Å². The van der Waals surface area contributed by atoms with Gasteiger partial charge in [-0.25, -0.2) is 0 Å². The number of benzene rings is 1. The lowest BCUT2D eigenvalue weighted by Gasteiger charge is -2.27. The van der Waals surface area contributed by atoms with E-state index in [-0.39, 0.29) is 5.84 Å². The molecule has 1 aliphatic heterocycles. The first kappa shape index (κ1) is 14.0. The SMILES string of the molecule is CN(Cc1cccc(C(=N)N)c1)CC1CCCCO1. The van der Waals surface area contributed by atoms with Gasteiger partial charge in [0.1, 0.15) is 5.84 Å². The summed E-state index contributed by atoms with van der Waals surface area (Å²) in [5, 5.41) is 7.46. The van der Waals surface area contributed by atoms with Crippen molar-refractivity contribution in [3.63, 3.8) is 0 Å². The highest BCUT2D eigenvalue weighted by atomic mass is 16.5. The maximum atomic E-state index is 7.46. The summed E-state index contributed by atoms with van der Waals surface area (Å²) in [6.45, 7) is 2.73. The van der Waals surface area contributed by atoms with Gasteiger partial charge in [-0.15, -0.1) is 0 Å². The van der Waals surface area contributed by atoms with Gasteiger partial charge in [-0.1, -0.05) is 18.2 Å². The van der Waals surface area contributed by atoms with Crippen molar-refractivity contribution >= 4 is 5.84 Å².